The van der Waals surface area contributed by atoms with E-state index in [0.717, 1.165) is 72.3 Å². The minimum absolute atomic E-state index is 0.150. The second-order valence-electron chi connectivity index (χ2n) is 9.83. The molecule has 3 aromatic heterocycles. The van der Waals surface area contributed by atoms with Crippen molar-refractivity contribution in [3.8, 4) is 17.2 Å². The highest BCUT2D eigenvalue weighted by molar-refractivity contribution is 7.10. The first kappa shape index (κ1) is 24.4. The fraction of sp³-hybridized carbons (Fsp3) is 0.226. The summed E-state index contributed by atoms with van der Waals surface area (Å²) in [6.07, 6.45) is 7.46. The molecule has 2 aromatic carbocycles. The number of piperidine rings is 1. The Morgan fingerprint density at radius 2 is 1.89 bits per heavy atom. The van der Waals surface area contributed by atoms with Gasteiger partial charge in [-0.05, 0) is 70.8 Å². The van der Waals surface area contributed by atoms with Gasteiger partial charge in [0.1, 0.15) is 6.07 Å². The predicted molar refractivity (Wildman–Crippen MR) is 152 cm³/mol. The van der Waals surface area contributed by atoms with E-state index in [9.17, 15) is 10.4 Å². The number of aliphatic hydroxyl groups excluding tert-OH is 1. The SMILES string of the molecule is N#Cc1cnc2cc(-c3csc(CN4CCC(O)CC4)c3)ccc2c1Nc1ccc(Cc2ccoc2)cc1. The van der Waals surface area contributed by atoms with E-state index in [2.05, 4.69) is 63.0 Å². The van der Waals surface area contributed by atoms with Gasteiger partial charge >= 0.3 is 0 Å². The first-order valence-electron chi connectivity index (χ1n) is 12.8. The summed E-state index contributed by atoms with van der Waals surface area (Å²) in [4.78, 5) is 8.34. The minimum Gasteiger partial charge on any atom is -0.472 e. The van der Waals surface area contributed by atoms with E-state index in [4.69, 9.17) is 4.42 Å². The van der Waals surface area contributed by atoms with E-state index in [1.165, 1.54) is 16.0 Å². The molecule has 0 spiro atoms. The third kappa shape index (κ3) is 5.34. The van der Waals surface area contributed by atoms with Crippen LogP contribution in [0.1, 0.15) is 34.4 Å². The smallest absolute Gasteiger partial charge is 0.103 e. The van der Waals surface area contributed by atoms with Crippen molar-refractivity contribution in [3.63, 3.8) is 0 Å². The molecule has 190 valence electrons. The van der Waals surface area contributed by atoms with Gasteiger partial charge < -0.3 is 14.8 Å². The molecule has 5 aromatic rings. The predicted octanol–water partition coefficient (Wildman–Crippen LogP) is 6.72. The molecule has 1 aliphatic heterocycles. The topological polar surface area (TPSA) is 85.3 Å². The lowest BCUT2D eigenvalue weighted by molar-refractivity contribution is 0.0797. The Morgan fingerprint density at radius 3 is 2.66 bits per heavy atom. The summed E-state index contributed by atoms with van der Waals surface area (Å²) in [5.41, 5.74) is 7.66. The van der Waals surface area contributed by atoms with Crippen molar-refractivity contribution in [2.24, 2.45) is 0 Å². The lowest BCUT2D eigenvalue weighted by Gasteiger charge is -2.28. The minimum atomic E-state index is -0.150. The summed E-state index contributed by atoms with van der Waals surface area (Å²) in [6, 6.07) is 21.0. The maximum absolute atomic E-state index is 9.77. The van der Waals surface area contributed by atoms with Crippen LogP contribution in [0.3, 0.4) is 0 Å². The van der Waals surface area contributed by atoms with Crippen LogP contribution in [0.25, 0.3) is 22.0 Å². The van der Waals surface area contributed by atoms with Gasteiger partial charge in [0, 0.05) is 48.2 Å². The van der Waals surface area contributed by atoms with Crippen molar-refractivity contribution in [2.45, 2.75) is 31.9 Å². The highest BCUT2D eigenvalue weighted by atomic mass is 32.1. The van der Waals surface area contributed by atoms with Crippen LogP contribution in [0.15, 0.2) is 83.1 Å². The number of pyridine rings is 1. The summed E-state index contributed by atoms with van der Waals surface area (Å²) in [5.74, 6) is 0. The molecular formula is C31H28N4O2S. The zero-order chi connectivity index (χ0) is 25.9. The maximum atomic E-state index is 9.77. The Bertz CT molecular complexity index is 1580. The van der Waals surface area contributed by atoms with E-state index in [0.29, 0.717) is 5.56 Å². The van der Waals surface area contributed by atoms with Crippen LogP contribution in [0.4, 0.5) is 11.4 Å². The molecule has 1 saturated heterocycles. The van der Waals surface area contributed by atoms with Crippen LogP contribution in [0.2, 0.25) is 0 Å². The number of nitriles is 1. The van der Waals surface area contributed by atoms with Crippen molar-refractivity contribution in [2.75, 3.05) is 18.4 Å². The normalized spacial score (nSPS) is 14.5. The van der Waals surface area contributed by atoms with E-state index < -0.39 is 0 Å². The molecule has 38 heavy (non-hydrogen) atoms. The van der Waals surface area contributed by atoms with Crippen molar-refractivity contribution in [1.29, 1.82) is 5.26 Å². The molecule has 6 nitrogen and oxygen atoms in total. The summed E-state index contributed by atoms with van der Waals surface area (Å²) in [5, 5.41) is 26.1. The third-order valence-corrected chi connectivity index (χ3v) is 8.05. The van der Waals surface area contributed by atoms with E-state index >= 15 is 0 Å². The number of aromatic nitrogens is 1. The van der Waals surface area contributed by atoms with Crippen LogP contribution < -0.4 is 5.32 Å². The van der Waals surface area contributed by atoms with Crippen LogP contribution >= 0.6 is 11.3 Å². The zero-order valence-corrected chi connectivity index (χ0v) is 21.7. The molecule has 1 aliphatic rings. The van der Waals surface area contributed by atoms with E-state index in [1.807, 2.05) is 18.2 Å². The number of likely N-dealkylation sites (tertiary alicyclic amines) is 1. The number of nitrogens with one attached hydrogen (secondary N) is 1. The fourth-order valence-electron chi connectivity index (χ4n) is 4.98. The second kappa shape index (κ2) is 10.8. The monoisotopic (exact) mass is 520 g/mol. The summed E-state index contributed by atoms with van der Waals surface area (Å²) < 4.78 is 5.17. The number of thiophene rings is 1. The second-order valence-corrected chi connectivity index (χ2v) is 10.8. The van der Waals surface area contributed by atoms with Gasteiger partial charge in [0.2, 0.25) is 0 Å². The first-order valence-corrected chi connectivity index (χ1v) is 13.7. The highest BCUT2D eigenvalue weighted by Gasteiger charge is 2.18. The maximum Gasteiger partial charge on any atom is 0.103 e. The van der Waals surface area contributed by atoms with Gasteiger partial charge in [-0.2, -0.15) is 5.26 Å². The van der Waals surface area contributed by atoms with E-state index in [1.54, 1.807) is 30.1 Å². The standard InChI is InChI=1S/C31H28N4O2S/c32-16-25-17-33-30-15-23(24-14-28(38-20-24)18-35-10-7-27(36)8-11-35)3-6-29(30)31(25)34-26-4-1-21(2-5-26)13-22-9-12-37-19-22/h1-6,9,12,14-15,17,19-20,27,36H,7-8,10-11,13,18H2,(H,33,34). The highest BCUT2D eigenvalue weighted by Crippen LogP contribution is 2.34. The van der Waals surface area contributed by atoms with Gasteiger partial charge in [-0.3, -0.25) is 9.88 Å². The largest absolute Gasteiger partial charge is 0.472 e. The Labute approximate surface area is 225 Å². The Kier molecular flexibility index (Phi) is 6.93. The molecule has 0 radical (unpaired) electrons. The number of nitrogens with zero attached hydrogens (tertiary/aromatic N) is 3. The van der Waals surface area contributed by atoms with Crippen molar-refractivity contribution >= 4 is 33.6 Å². The Hall–Kier alpha value is -3.96. The molecular weight excluding hydrogens is 492 g/mol. The number of benzene rings is 2. The summed E-state index contributed by atoms with van der Waals surface area (Å²) in [7, 11) is 0. The van der Waals surface area contributed by atoms with Gasteiger partial charge in [0.05, 0.1) is 35.4 Å². The van der Waals surface area contributed by atoms with Gasteiger partial charge in [-0.15, -0.1) is 11.3 Å². The number of fused-ring (bicyclic) bond motifs is 1. The molecule has 1 fully saturated rings. The molecule has 0 saturated carbocycles. The number of rotatable bonds is 7. The quantitative estimate of drug-likeness (QED) is 0.248. The van der Waals surface area contributed by atoms with Crippen LogP contribution in [0.5, 0.6) is 0 Å². The number of anilines is 2. The summed E-state index contributed by atoms with van der Waals surface area (Å²) >= 11 is 1.77. The molecule has 0 aliphatic carbocycles. The number of furan rings is 1. The lowest BCUT2D eigenvalue weighted by atomic mass is 10.0. The average molecular weight is 521 g/mol. The lowest BCUT2D eigenvalue weighted by Crippen LogP contribution is -2.35. The molecule has 0 atom stereocenters. The number of hydrogen-bond acceptors (Lipinski definition) is 7. The molecule has 0 unspecified atom stereocenters. The van der Waals surface area contributed by atoms with Crippen molar-refractivity contribution in [3.05, 3.63) is 100 Å². The van der Waals surface area contributed by atoms with Gasteiger partial charge in [-0.1, -0.05) is 24.3 Å². The molecule has 4 heterocycles. The van der Waals surface area contributed by atoms with Crippen LogP contribution in [0, 0.1) is 11.3 Å². The van der Waals surface area contributed by atoms with Crippen LogP contribution in [-0.2, 0) is 13.0 Å². The Morgan fingerprint density at radius 1 is 1.05 bits per heavy atom. The molecule has 0 bridgehead atoms. The molecule has 2 N–H and O–H groups in total. The van der Waals surface area contributed by atoms with Gasteiger partial charge in [-0.25, -0.2) is 0 Å². The zero-order valence-electron chi connectivity index (χ0n) is 20.9. The number of hydrogen-bond donors (Lipinski definition) is 2. The first-order chi connectivity index (χ1) is 18.6. The van der Waals surface area contributed by atoms with Crippen molar-refractivity contribution < 1.29 is 9.52 Å². The van der Waals surface area contributed by atoms with Crippen molar-refractivity contribution in [1.82, 2.24) is 9.88 Å². The van der Waals surface area contributed by atoms with E-state index in [-0.39, 0.29) is 6.10 Å². The molecule has 6 rings (SSSR count). The Balaban J connectivity index is 1.22. The van der Waals surface area contributed by atoms with Gasteiger partial charge in [0.15, 0.2) is 0 Å². The van der Waals surface area contributed by atoms with Gasteiger partial charge in [0.25, 0.3) is 0 Å². The molecule has 7 heteroatoms. The fourth-order valence-corrected chi connectivity index (χ4v) is 5.92. The summed E-state index contributed by atoms with van der Waals surface area (Å²) in [6.45, 7) is 2.81. The third-order valence-electron chi connectivity index (χ3n) is 7.12. The molecule has 0 amide bonds. The average Bonchev–Trinajstić information content (AvgIpc) is 3.63. The van der Waals surface area contributed by atoms with Crippen LogP contribution in [-0.4, -0.2) is 34.2 Å². The number of aliphatic hydroxyl groups is 1.